The average molecular weight is 383 g/mol. The maximum atomic E-state index is 12.7. The van der Waals surface area contributed by atoms with Gasteiger partial charge in [0.05, 0.1) is 18.0 Å². The number of hydrogen-bond donors (Lipinski definition) is 1. The minimum Gasteiger partial charge on any atom is -0.462 e. The highest BCUT2D eigenvalue weighted by molar-refractivity contribution is 7.20. The molecule has 0 saturated carbocycles. The van der Waals surface area contributed by atoms with Gasteiger partial charge in [0.1, 0.15) is 15.5 Å². The Labute approximate surface area is 160 Å². The molecule has 1 N–H and O–H groups in total. The van der Waals surface area contributed by atoms with E-state index in [1.54, 1.807) is 13.8 Å². The molecule has 7 heteroatoms. The van der Waals surface area contributed by atoms with E-state index in [9.17, 15) is 9.59 Å². The third kappa shape index (κ3) is 2.92. The van der Waals surface area contributed by atoms with E-state index < -0.39 is 5.97 Å². The summed E-state index contributed by atoms with van der Waals surface area (Å²) in [6.07, 6.45) is 0.984. The summed E-state index contributed by atoms with van der Waals surface area (Å²) in [5, 5.41) is 0.473. The molecule has 1 atom stereocenters. The number of H-pyrrole nitrogens is 1. The Morgan fingerprint density at radius 2 is 2.19 bits per heavy atom. The molecular formula is C20H21N3O3S. The zero-order valence-corrected chi connectivity index (χ0v) is 16.4. The number of carbonyl (C=O) groups is 1. The van der Waals surface area contributed by atoms with Crippen molar-refractivity contribution in [3.63, 3.8) is 0 Å². The van der Waals surface area contributed by atoms with Gasteiger partial charge < -0.3 is 14.6 Å². The van der Waals surface area contributed by atoms with E-state index in [0.717, 1.165) is 13.0 Å². The molecule has 0 fully saturated rings. The van der Waals surface area contributed by atoms with E-state index >= 15 is 0 Å². The molecule has 1 aliphatic rings. The zero-order chi connectivity index (χ0) is 19.1. The molecule has 1 aliphatic heterocycles. The van der Waals surface area contributed by atoms with Crippen LogP contribution in [0.5, 0.6) is 0 Å². The molecule has 4 rings (SSSR count). The third-order valence-corrected chi connectivity index (χ3v) is 6.23. The van der Waals surface area contributed by atoms with E-state index in [1.165, 1.54) is 22.6 Å². The number of anilines is 1. The molecule has 27 heavy (non-hydrogen) atoms. The lowest BCUT2D eigenvalue weighted by atomic mass is 10.1. The second-order valence-electron chi connectivity index (χ2n) is 6.66. The fourth-order valence-corrected chi connectivity index (χ4v) is 4.75. The predicted molar refractivity (Wildman–Crippen MR) is 107 cm³/mol. The summed E-state index contributed by atoms with van der Waals surface area (Å²) in [6.45, 7) is 6.76. The monoisotopic (exact) mass is 383 g/mol. The molecule has 3 heterocycles. The van der Waals surface area contributed by atoms with Crippen LogP contribution in [0.1, 0.15) is 46.5 Å². The fraction of sp³-hybridized carbons (Fsp3) is 0.350. The van der Waals surface area contributed by atoms with E-state index in [2.05, 4.69) is 22.0 Å². The highest BCUT2D eigenvalue weighted by Gasteiger charge is 2.27. The Bertz CT molecular complexity index is 1090. The highest BCUT2D eigenvalue weighted by Crippen LogP contribution is 2.34. The lowest BCUT2D eigenvalue weighted by molar-refractivity contribution is 0.0531. The first-order valence-electron chi connectivity index (χ1n) is 9.06. The van der Waals surface area contributed by atoms with E-state index in [-0.39, 0.29) is 11.6 Å². The summed E-state index contributed by atoms with van der Waals surface area (Å²) < 4.78 is 5.10. The Morgan fingerprint density at radius 3 is 2.96 bits per heavy atom. The van der Waals surface area contributed by atoms with E-state index in [1.807, 2.05) is 19.1 Å². The smallest absolute Gasteiger partial charge is 0.348 e. The minimum absolute atomic E-state index is 0.0702. The molecular weight excluding hydrogens is 362 g/mol. The second kappa shape index (κ2) is 6.81. The second-order valence-corrected chi connectivity index (χ2v) is 7.66. The Balaban J connectivity index is 1.75. The predicted octanol–water partition coefficient (Wildman–Crippen LogP) is 3.59. The lowest BCUT2D eigenvalue weighted by Crippen LogP contribution is -2.27. The van der Waals surface area contributed by atoms with Crippen molar-refractivity contribution >= 4 is 33.2 Å². The number of para-hydroxylation sites is 1. The molecule has 0 spiro atoms. The van der Waals surface area contributed by atoms with Crippen LogP contribution in [0.25, 0.3) is 10.2 Å². The molecule has 0 radical (unpaired) electrons. The van der Waals surface area contributed by atoms with Crippen LogP contribution in [0.15, 0.2) is 29.1 Å². The molecule has 6 nitrogen and oxygen atoms in total. The SMILES string of the molecule is CCOC(=O)c1sc2nc([C@H](C)N3CCc4ccccc43)[nH]c(=O)c2c1C. The molecule has 0 saturated heterocycles. The number of nitrogens with zero attached hydrogens (tertiary/aromatic N) is 2. The summed E-state index contributed by atoms with van der Waals surface area (Å²) in [5.74, 6) is 0.210. The van der Waals surface area contributed by atoms with Gasteiger partial charge in [-0.05, 0) is 44.4 Å². The maximum absolute atomic E-state index is 12.7. The lowest BCUT2D eigenvalue weighted by Gasteiger charge is -2.26. The van der Waals surface area contributed by atoms with Crippen molar-refractivity contribution in [2.45, 2.75) is 33.2 Å². The molecule has 3 aromatic rings. The number of hydrogen-bond acceptors (Lipinski definition) is 6. The average Bonchev–Trinajstić information content (AvgIpc) is 3.23. The normalized spacial score (nSPS) is 14.4. The number of fused-ring (bicyclic) bond motifs is 2. The number of carbonyl (C=O) groups excluding carboxylic acids is 1. The van der Waals surface area contributed by atoms with Gasteiger partial charge in [0.15, 0.2) is 0 Å². The molecule has 0 bridgehead atoms. The molecule has 140 valence electrons. The molecule has 0 amide bonds. The van der Waals surface area contributed by atoms with Crippen molar-refractivity contribution in [1.82, 2.24) is 9.97 Å². The van der Waals surface area contributed by atoms with Crippen LogP contribution in [0.4, 0.5) is 5.69 Å². The van der Waals surface area contributed by atoms with E-state index in [4.69, 9.17) is 9.72 Å². The standard InChI is InChI=1S/C20H21N3O3S/c1-4-26-20(25)16-11(2)15-18(24)21-17(22-19(15)27-16)12(3)23-10-9-13-7-5-6-8-14(13)23/h5-8,12H,4,9-10H2,1-3H3,(H,21,22,24)/t12-/m0/s1. The van der Waals surface area contributed by atoms with Gasteiger partial charge in [0.25, 0.3) is 5.56 Å². The van der Waals surface area contributed by atoms with Crippen LogP contribution in [0.2, 0.25) is 0 Å². The molecule has 1 aromatic carbocycles. The number of nitrogens with one attached hydrogen (secondary N) is 1. The topological polar surface area (TPSA) is 75.3 Å². The van der Waals surface area contributed by atoms with Crippen LogP contribution >= 0.6 is 11.3 Å². The summed E-state index contributed by atoms with van der Waals surface area (Å²) in [6, 6.07) is 8.24. The summed E-state index contributed by atoms with van der Waals surface area (Å²) in [4.78, 5) is 35.8. The minimum atomic E-state index is -0.402. The van der Waals surface area contributed by atoms with Gasteiger partial charge in [0, 0.05) is 12.2 Å². The van der Waals surface area contributed by atoms with Crippen molar-refractivity contribution in [3.05, 3.63) is 56.4 Å². The summed E-state index contributed by atoms with van der Waals surface area (Å²) >= 11 is 1.22. The Hall–Kier alpha value is -2.67. The first-order valence-corrected chi connectivity index (χ1v) is 9.88. The highest BCUT2D eigenvalue weighted by atomic mass is 32.1. The number of rotatable bonds is 4. The fourth-order valence-electron chi connectivity index (χ4n) is 3.66. The van der Waals surface area contributed by atoms with Crippen molar-refractivity contribution < 1.29 is 9.53 Å². The summed E-state index contributed by atoms with van der Waals surface area (Å²) in [5.41, 5.74) is 2.92. The quantitative estimate of drug-likeness (QED) is 0.697. The third-order valence-electron chi connectivity index (χ3n) is 5.07. The first kappa shape index (κ1) is 17.7. The van der Waals surface area contributed by atoms with Crippen LogP contribution in [-0.2, 0) is 11.2 Å². The number of benzene rings is 1. The molecule has 0 unspecified atom stereocenters. The molecule has 2 aromatic heterocycles. The van der Waals surface area contributed by atoms with E-state index in [0.29, 0.717) is 33.1 Å². The van der Waals surface area contributed by atoms with Crippen molar-refractivity contribution in [1.29, 1.82) is 0 Å². The van der Waals surface area contributed by atoms with Crippen molar-refractivity contribution in [3.8, 4) is 0 Å². The number of aromatic amines is 1. The number of aromatic nitrogens is 2. The number of aryl methyl sites for hydroxylation is 1. The van der Waals surface area contributed by atoms with Crippen molar-refractivity contribution in [2.24, 2.45) is 0 Å². The van der Waals surface area contributed by atoms with Crippen LogP contribution in [-0.4, -0.2) is 29.1 Å². The van der Waals surface area contributed by atoms with Gasteiger partial charge in [-0.2, -0.15) is 0 Å². The Morgan fingerprint density at radius 1 is 1.41 bits per heavy atom. The number of ether oxygens (including phenoxy) is 1. The number of thiophene rings is 1. The van der Waals surface area contributed by atoms with Gasteiger partial charge in [-0.15, -0.1) is 11.3 Å². The molecule has 0 aliphatic carbocycles. The Kier molecular flexibility index (Phi) is 4.47. The van der Waals surface area contributed by atoms with Gasteiger partial charge in [-0.25, -0.2) is 9.78 Å². The maximum Gasteiger partial charge on any atom is 0.348 e. The largest absolute Gasteiger partial charge is 0.462 e. The van der Waals surface area contributed by atoms with Crippen LogP contribution in [0.3, 0.4) is 0 Å². The summed E-state index contributed by atoms with van der Waals surface area (Å²) in [7, 11) is 0. The van der Waals surface area contributed by atoms with Gasteiger partial charge in [0.2, 0.25) is 0 Å². The van der Waals surface area contributed by atoms with Gasteiger partial charge in [-0.3, -0.25) is 4.79 Å². The van der Waals surface area contributed by atoms with Crippen molar-refractivity contribution in [2.75, 3.05) is 18.1 Å². The van der Waals surface area contributed by atoms with Gasteiger partial charge in [-0.1, -0.05) is 18.2 Å². The first-order chi connectivity index (χ1) is 13.0. The van der Waals surface area contributed by atoms with Gasteiger partial charge >= 0.3 is 5.97 Å². The van der Waals surface area contributed by atoms with Crippen LogP contribution in [0, 0.1) is 6.92 Å². The zero-order valence-electron chi connectivity index (χ0n) is 15.5. The number of esters is 1. The van der Waals surface area contributed by atoms with Crippen LogP contribution < -0.4 is 10.5 Å².